The van der Waals surface area contributed by atoms with Crippen LogP contribution in [0.2, 0.25) is 0 Å². The van der Waals surface area contributed by atoms with E-state index in [2.05, 4.69) is 5.32 Å². The van der Waals surface area contributed by atoms with E-state index in [0.717, 1.165) is 24.7 Å². The highest BCUT2D eigenvalue weighted by atomic mass is 16.1. The van der Waals surface area contributed by atoms with Crippen LogP contribution in [0.5, 0.6) is 0 Å². The van der Waals surface area contributed by atoms with Gasteiger partial charge in [-0.3, -0.25) is 4.79 Å². The molecule has 2 unspecified atom stereocenters. The fourth-order valence-corrected chi connectivity index (χ4v) is 3.47. The van der Waals surface area contributed by atoms with Gasteiger partial charge in [0.05, 0.1) is 5.54 Å². The van der Waals surface area contributed by atoms with Gasteiger partial charge in [-0.15, -0.1) is 0 Å². The number of likely N-dealkylation sites (N-methyl/N-ethyl adjacent to an activating group) is 1. The van der Waals surface area contributed by atoms with Crippen LogP contribution in [0.4, 0.5) is 0 Å². The molecule has 0 radical (unpaired) electrons. The van der Waals surface area contributed by atoms with Gasteiger partial charge < -0.3 is 5.32 Å². The lowest BCUT2D eigenvalue weighted by Gasteiger charge is -2.25. The van der Waals surface area contributed by atoms with Crippen molar-refractivity contribution in [1.82, 2.24) is 5.32 Å². The second-order valence-electron chi connectivity index (χ2n) is 5.10. The molecule has 0 aromatic heterocycles. The summed E-state index contributed by atoms with van der Waals surface area (Å²) < 4.78 is 0. The molecule has 80 valence electrons. The van der Waals surface area contributed by atoms with Gasteiger partial charge in [0.15, 0.2) is 0 Å². The van der Waals surface area contributed by atoms with Gasteiger partial charge >= 0.3 is 0 Å². The van der Waals surface area contributed by atoms with E-state index in [1.165, 1.54) is 25.7 Å². The molecule has 0 saturated heterocycles. The van der Waals surface area contributed by atoms with Crippen molar-refractivity contribution in [2.24, 2.45) is 11.8 Å². The molecule has 0 bridgehead atoms. The maximum absolute atomic E-state index is 11.7. The van der Waals surface area contributed by atoms with Crippen molar-refractivity contribution in [2.45, 2.75) is 51.0 Å². The molecule has 0 amide bonds. The second-order valence-corrected chi connectivity index (χ2v) is 5.10. The van der Waals surface area contributed by atoms with Crippen LogP contribution in [-0.4, -0.2) is 18.4 Å². The zero-order chi connectivity index (χ0) is 10.2. The summed E-state index contributed by atoms with van der Waals surface area (Å²) in [6, 6.07) is 0. The molecular formula is C12H21NO. The third-order valence-corrected chi connectivity index (χ3v) is 4.44. The van der Waals surface area contributed by atoms with Crippen molar-refractivity contribution in [3.8, 4) is 0 Å². The maximum atomic E-state index is 11.7. The molecule has 2 aliphatic carbocycles. The molecule has 2 saturated carbocycles. The van der Waals surface area contributed by atoms with E-state index in [0.29, 0.717) is 5.78 Å². The van der Waals surface area contributed by atoms with Crippen LogP contribution in [0.25, 0.3) is 0 Å². The number of fused-ring (bicyclic) bond motifs is 1. The molecule has 2 rings (SSSR count). The number of rotatable bonds is 2. The lowest BCUT2D eigenvalue weighted by Crippen LogP contribution is -2.47. The van der Waals surface area contributed by atoms with Crippen LogP contribution >= 0.6 is 0 Å². The lowest BCUT2D eigenvalue weighted by atomic mass is 9.82. The Balaban J connectivity index is 2.13. The molecule has 2 atom stereocenters. The Morgan fingerprint density at radius 3 is 2.07 bits per heavy atom. The van der Waals surface area contributed by atoms with Crippen molar-refractivity contribution < 1.29 is 4.79 Å². The van der Waals surface area contributed by atoms with Gasteiger partial charge in [0.1, 0.15) is 5.78 Å². The first-order valence-corrected chi connectivity index (χ1v) is 5.88. The van der Waals surface area contributed by atoms with E-state index in [1.54, 1.807) is 6.92 Å². The maximum Gasteiger partial charge on any atom is 0.149 e. The lowest BCUT2D eigenvalue weighted by molar-refractivity contribution is -0.123. The molecule has 0 aliphatic heterocycles. The van der Waals surface area contributed by atoms with Gasteiger partial charge in [-0.25, -0.2) is 0 Å². The van der Waals surface area contributed by atoms with E-state index in [9.17, 15) is 4.79 Å². The van der Waals surface area contributed by atoms with Crippen molar-refractivity contribution in [1.29, 1.82) is 0 Å². The second kappa shape index (κ2) is 3.65. The Morgan fingerprint density at radius 2 is 1.71 bits per heavy atom. The van der Waals surface area contributed by atoms with Crippen molar-refractivity contribution in [3.63, 3.8) is 0 Å². The zero-order valence-corrected chi connectivity index (χ0v) is 9.31. The summed E-state index contributed by atoms with van der Waals surface area (Å²) in [6.07, 6.45) is 7.62. The molecule has 14 heavy (non-hydrogen) atoms. The van der Waals surface area contributed by atoms with E-state index in [-0.39, 0.29) is 5.54 Å². The van der Waals surface area contributed by atoms with Crippen LogP contribution < -0.4 is 5.32 Å². The third kappa shape index (κ3) is 1.50. The van der Waals surface area contributed by atoms with Crippen LogP contribution in [0, 0.1) is 11.8 Å². The Bertz CT molecular complexity index is 222. The van der Waals surface area contributed by atoms with Gasteiger partial charge in [-0.05, 0) is 38.6 Å². The number of nitrogens with one attached hydrogen (secondary N) is 1. The van der Waals surface area contributed by atoms with Gasteiger partial charge in [-0.2, -0.15) is 0 Å². The normalized spacial score (nSPS) is 42.1. The number of carbonyl (C=O) groups is 1. The van der Waals surface area contributed by atoms with Crippen molar-refractivity contribution in [2.75, 3.05) is 7.05 Å². The molecular weight excluding hydrogens is 174 g/mol. The van der Waals surface area contributed by atoms with E-state index in [4.69, 9.17) is 0 Å². The van der Waals surface area contributed by atoms with E-state index in [1.807, 2.05) is 7.05 Å². The molecule has 0 heterocycles. The Kier molecular flexibility index (Phi) is 2.65. The molecule has 2 nitrogen and oxygen atoms in total. The van der Waals surface area contributed by atoms with Gasteiger partial charge in [0, 0.05) is 0 Å². The third-order valence-electron chi connectivity index (χ3n) is 4.44. The van der Waals surface area contributed by atoms with Crippen LogP contribution in [0.3, 0.4) is 0 Å². The molecule has 0 spiro atoms. The summed E-state index contributed by atoms with van der Waals surface area (Å²) in [7, 11) is 1.94. The minimum Gasteiger partial charge on any atom is -0.308 e. The van der Waals surface area contributed by atoms with Crippen LogP contribution in [0.1, 0.15) is 45.4 Å². The number of ketones is 1. The SMILES string of the molecule is CNC1(C(C)=O)CC2CCCCC2C1. The minimum atomic E-state index is -0.167. The average Bonchev–Trinajstić information content (AvgIpc) is 2.57. The summed E-state index contributed by atoms with van der Waals surface area (Å²) in [5, 5.41) is 3.28. The van der Waals surface area contributed by atoms with E-state index < -0.39 is 0 Å². The minimum absolute atomic E-state index is 0.167. The number of carbonyl (C=O) groups excluding carboxylic acids is 1. The van der Waals surface area contributed by atoms with Crippen LogP contribution in [0.15, 0.2) is 0 Å². The molecule has 0 aromatic carbocycles. The first kappa shape index (κ1) is 10.2. The summed E-state index contributed by atoms with van der Waals surface area (Å²) in [5.41, 5.74) is -0.167. The Labute approximate surface area is 86.5 Å². The Hall–Kier alpha value is -0.370. The average molecular weight is 195 g/mol. The first-order chi connectivity index (χ1) is 6.68. The largest absolute Gasteiger partial charge is 0.308 e. The highest BCUT2D eigenvalue weighted by Crippen LogP contribution is 2.47. The molecule has 0 aromatic rings. The predicted molar refractivity (Wildman–Crippen MR) is 57.2 cm³/mol. The number of Topliss-reactive ketones (excluding diaryl/α,β-unsaturated/α-hetero) is 1. The standard InChI is InChI=1S/C12H21NO/c1-9(14)12(13-2)7-10-5-3-4-6-11(10)8-12/h10-11,13H,3-8H2,1-2H3. The summed E-state index contributed by atoms with van der Waals surface area (Å²) in [5.74, 6) is 1.98. The smallest absolute Gasteiger partial charge is 0.149 e. The Morgan fingerprint density at radius 1 is 1.21 bits per heavy atom. The monoisotopic (exact) mass is 195 g/mol. The zero-order valence-electron chi connectivity index (χ0n) is 9.31. The summed E-state index contributed by atoms with van der Waals surface area (Å²) in [4.78, 5) is 11.7. The molecule has 2 aliphatic rings. The van der Waals surface area contributed by atoms with Gasteiger partial charge in [-0.1, -0.05) is 25.7 Å². The predicted octanol–water partition coefficient (Wildman–Crippen LogP) is 2.13. The first-order valence-electron chi connectivity index (χ1n) is 5.88. The molecule has 1 N–H and O–H groups in total. The topological polar surface area (TPSA) is 29.1 Å². The van der Waals surface area contributed by atoms with Crippen LogP contribution in [-0.2, 0) is 4.79 Å². The van der Waals surface area contributed by atoms with Gasteiger partial charge in [0.2, 0.25) is 0 Å². The summed E-state index contributed by atoms with van der Waals surface area (Å²) in [6.45, 7) is 1.74. The van der Waals surface area contributed by atoms with Crippen molar-refractivity contribution >= 4 is 5.78 Å². The molecule has 2 heteroatoms. The highest BCUT2D eigenvalue weighted by molar-refractivity contribution is 5.86. The summed E-state index contributed by atoms with van der Waals surface area (Å²) >= 11 is 0. The van der Waals surface area contributed by atoms with E-state index >= 15 is 0 Å². The van der Waals surface area contributed by atoms with Gasteiger partial charge in [0.25, 0.3) is 0 Å². The number of hydrogen-bond acceptors (Lipinski definition) is 2. The fourth-order valence-electron chi connectivity index (χ4n) is 3.47. The highest BCUT2D eigenvalue weighted by Gasteiger charge is 2.47. The quantitative estimate of drug-likeness (QED) is 0.731. The van der Waals surface area contributed by atoms with Crippen molar-refractivity contribution in [3.05, 3.63) is 0 Å². The number of hydrogen-bond donors (Lipinski definition) is 1. The molecule has 2 fully saturated rings. The fraction of sp³-hybridized carbons (Fsp3) is 0.917.